The molecule has 2 aliphatic heterocycles. The highest BCUT2D eigenvalue weighted by Crippen LogP contribution is 2.27. The molecule has 5 nitrogen and oxygen atoms in total. The third-order valence-electron chi connectivity index (χ3n) is 5.24. The van der Waals surface area contributed by atoms with E-state index in [9.17, 15) is 13.2 Å². The highest BCUT2D eigenvalue weighted by molar-refractivity contribution is 7.91. The van der Waals surface area contributed by atoms with Gasteiger partial charge in [0.15, 0.2) is 9.84 Å². The Hall–Kier alpha value is -1.40. The molecule has 1 unspecified atom stereocenters. The van der Waals surface area contributed by atoms with Gasteiger partial charge in [-0.3, -0.25) is 4.79 Å². The van der Waals surface area contributed by atoms with E-state index in [1.165, 1.54) is 0 Å². The zero-order valence-corrected chi connectivity index (χ0v) is 15.0. The Bertz CT molecular complexity index is 667. The first-order valence-electron chi connectivity index (χ1n) is 8.74. The number of rotatable bonds is 4. The third kappa shape index (κ3) is 3.81. The van der Waals surface area contributed by atoms with Gasteiger partial charge in [0.25, 0.3) is 0 Å². The standard InChI is InChI=1S/C18H26N2O3S/c1-19-12-9-15(10-13-19)18(21)20-11-5-6-16(20)14-24(22,23)17-7-3-2-4-8-17/h2-4,7-8,15-16H,5-6,9-14H2,1H3. The Morgan fingerprint density at radius 2 is 1.75 bits per heavy atom. The maximum absolute atomic E-state index is 12.9. The monoisotopic (exact) mass is 350 g/mol. The van der Waals surface area contributed by atoms with Gasteiger partial charge >= 0.3 is 0 Å². The predicted molar refractivity (Wildman–Crippen MR) is 93.5 cm³/mol. The number of carbonyl (C=O) groups excluding carboxylic acids is 1. The van der Waals surface area contributed by atoms with Crippen molar-refractivity contribution in [1.29, 1.82) is 0 Å². The Balaban J connectivity index is 1.68. The topological polar surface area (TPSA) is 57.7 Å². The zero-order chi connectivity index (χ0) is 17.2. The Kier molecular flexibility index (Phi) is 5.25. The van der Waals surface area contributed by atoms with E-state index in [0.29, 0.717) is 11.4 Å². The first kappa shape index (κ1) is 17.4. The molecule has 0 aliphatic carbocycles. The summed E-state index contributed by atoms with van der Waals surface area (Å²) in [4.78, 5) is 17.3. The molecule has 0 bridgehead atoms. The molecule has 2 saturated heterocycles. The van der Waals surface area contributed by atoms with E-state index in [4.69, 9.17) is 0 Å². The summed E-state index contributed by atoms with van der Waals surface area (Å²) in [6, 6.07) is 8.37. The summed E-state index contributed by atoms with van der Waals surface area (Å²) in [5.74, 6) is 0.255. The highest BCUT2D eigenvalue weighted by atomic mass is 32.2. The van der Waals surface area contributed by atoms with Crippen molar-refractivity contribution >= 4 is 15.7 Å². The molecule has 1 aromatic carbocycles. The van der Waals surface area contributed by atoms with Gasteiger partial charge in [0.2, 0.25) is 5.91 Å². The molecule has 0 radical (unpaired) electrons. The summed E-state index contributed by atoms with van der Waals surface area (Å²) in [6.07, 6.45) is 3.44. The molecule has 1 atom stereocenters. The summed E-state index contributed by atoms with van der Waals surface area (Å²) in [5, 5.41) is 0. The first-order valence-corrected chi connectivity index (χ1v) is 10.4. The second kappa shape index (κ2) is 7.23. The highest BCUT2D eigenvalue weighted by Gasteiger charge is 2.36. The van der Waals surface area contributed by atoms with Gasteiger partial charge in [-0.1, -0.05) is 18.2 Å². The normalized spacial score (nSPS) is 23.5. The van der Waals surface area contributed by atoms with Crippen LogP contribution in [-0.2, 0) is 14.6 Å². The fraction of sp³-hybridized carbons (Fsp3) is 0.611. The fourth-order valence-corrected chi connectivity index (χ4v) is 5.38. The van der Waals surface area contributed by atoms with Crippen LogP contribution in [0, 0.1) is 5.92 Å². The lowest BCUT2D eigenvalue weighted by molar-refractivity contribution is -0.137. The van der Waals surface area contributed by atoms with E-state index in [2.05, 4.69) is 11.9 Å². The largest absolute Gasteiger partial charge is 0.338 e. The number of carbonyl (C=O) groups is 1. The molecule has 1 aromatic rings. The second-order valence-electron chi connectivity index (χ2n) is 7.00. The van der Waals surface area contributed by atoms with E-state index < -0.39 is 9.84 Å². The fourth-order valence-electron chi connectivity index (χ4n) is 3.77. The Labute approximate surface area is 144 Å². The van der Waals surface area contributed by atoms with E-state index >= 15 is 0 Å². The minimum absolute atomic E-state index is 0.0371. The van der Waals surface area contributed by atoms with Crippen LogP contribution < -0.4 is 0 Å². The summed E-state index contributed by atoms with van der Waals surface area (Å²) >= 11 is 0. The van der Waals surface area contributed by atoms with Crippen molar-refractivity contribution in [2.45, 2.75) is 36.6 Å². The lowest BCUT2D eigenvalue weighted by Gasteiger charge is -2.33. The van der Waals surface area contributed by atoms with Gasteiger partial charge in [-0.15, -0.1) is 0 Å². The van der Waals surface area contributed by atoms with Gasteiger partial charge in [0.1, 0.15) is 0 Å². The van der Waals surface area contributed by atoms with Crippen molar-refractivity contribution in [3.63, 3.8) is 0 Å². The smallest absolute Gasteiger partial charge is 0.226 e. The quantitative estimate of drug-likeness (QED) is 0.831. The third-order valence-corrected chi connectivity index (χ3v) is 7.06. The van der Waals surface area contributed by atoms with Crippen LogP contribution in [0.4, 0.5) is 0 Å². The molecule has 2 heterocycles. The Morgan fingerprint density at radius 3 is 2.42 bits per heavy atom. The molecule has 0 aromatic heterocycles. The van der Waals surface area contributed by atoms with E-state index in [1.807, 2.05) is 11.0 Å². The zero-order valence-electron chi connectivity index (χ0n) is 14.2. The predicted octanol–water partition coefficient (Wildman–Crippen LogP) is 1.79. The average molecular weight is 350 g/mol. The molecule has 3 rings (SSSR count). The average Bonchev–Trinajstić information content (AvgIpc) is 3.03. The van der Waals surface area contributed by atoms with Gasteiger partial charge in [0, 0.05) is 18.5 Å². The maximum atomic E-state index is 12.9. The molecule has 6 heteroatoms. The number of nitrogens with zero attached hydrogens (tertiary/aromatic N) is 2. The van der Waals surface area contributed by atoms with Crippen molar-refractivity contribution < 1.29 is 13.2 Å². The number of hydrogen-bond acceptors (Lipinski definition) is 4. The molecular weight excluding hydrogens is 324 g/mol. The first-order chi connectivity index (χ1) is 11.5. The van der Waals surface area contributed by atoms with Crippen LogP contribution in [0.15, 0.2) is 35.2 Å². The molecule has 24 heavy (non-hydrogen) atoms. The van der Waals surface area contributed by atoms with Crippen LogP contribution in [-0.4, -0.2) is 62.6 Å². The van der Waals surface area contributed by atoms with Gasteiger partial charge in [-0.2, -0.15) is 0 Å². The Morgan fingerprint density at radius 1 is 1.08 bits per heavy atom. The molecule has 132 valence electrons. The van der Waals surface area contributed by atoms with Crippen LogP contribution in [0.2, 0.25) is 0 Å². The van der Waals surface area contributed by atoms with Crippen molar-refractivity contribution in [3.8, 4) is 0 Å². The van der Waals surface area contributed by atoms with Crippen molar-refractivity contribution in [1.82, 2.24) is 9.80 Å². The summed E-state index contributed by atoms with van der Waals surface area (Å²) in [6.45, 7) is 2.58. The van der Waals surface area contributed by atoms with Gasteiger partial charge in [0.05, 0.1) is 10.6 Å². The second-order valence-corrected chi connectivity index (χ2v) is 9.03. The van der Waals surface area contributed by atoms with Crippen LogP contribution in [0.1, 0.15) is 25.7 Å². The van der Waals surface area contributed by atoms with Crippen LogP contribution in [0.25, 0.3) is 0 Å². The summed E-state index contributed by atoms with van der Waals surface area (Å²) in [5.41, 5.74) is 0. The molecule has 2 aliphatic rings. The van der Waals surface area contributed by atoms with Crippen molar-refractivity contribution in [2.24, 2.45) is 5.92 Å². The van der Waals surface area contributed by atoms with Gasteiger partial charge < -0.3 is 9.80 Å². The number of sulfone groups is 1. The van der Waals surface area contributed by atoms with E-state index in [1.54, 1.807) is 24.3 Å². The molecular formula is C18H26N2O3S. The van der Waals surface area contributed by atoms with Crippen LogP contribution in [0.5, 0.6) is 0 Å². The summed E-state index contributed by atoms with van der Waals surface area (Å²) < 4.78 is 25.3. The lowest BCUT2D eigenvalue weighted by Crippen LogP contribution is -2.45. The SMILES string of the molecule is CN1CCC(C(=O)N2CCCC2CS(=O)(=O)c2ccccc2)CC1. The number of amides is 1. The van der Waals surface area contributed by atoms with Crippen molar-refractivity contribution in [2.75, 3.05) is 32.4 Å². The lowest BCUT2D eigenvalue weighted by atomic mass is 9.95. The van der Waals surface area contributed by atoms with Gasteiger partial charge in [-0.05, 0) is 58.0 Å². The summed E-state index contributed by atoms with van der Waals surface area (Å²) in [7, 11) is -1.28. The maximum Gasteiger partial charge on any atom is 0.226 e. The molecule has 0 spiro atoms. The van der Waals surface area contributed by atoms with E-state index in [-0.39, 0.29) is 23.6 Å². The number of benzene rings is 1. The molecule has 1 amide bonds. The molecule has 2 fully saturated rings. The van der Waals surface area contributed by atoms with E-state index in [0.717, 1.165) is 38.8 Å². The van der Waals surface area contributed by atoms with Gasteiger partial charge in [-0.25, -0.2) is 8.42 Å². The molecule has 0 N–H and O–H groups in total. The molecule has 0 saturated carbocycles. The van der Waals surface area contributed by atoms with Crippen LogP contribution in [0.3, 0.4) is 0 Å². The van der Waals surface area contributed by atoms with Crippen LogP contribution >= 0.6 is 0 Å². The van der Waals surface area contributed by atoms with Crippen molar-refractivity contribution in [3.05, 3.63) is 30.3 Å². The number of likely N-dealkylation sites (tertiary alicyclic amines) is 2. The minimum Gasteiger partial charge on any atom is -0.338 e. The minimum atomic E-state index is -3.35. The number of hydrogen-bond donors (Lipinski definition) is 0. The number of piperidine rings is 1.